The number of aromatic nitrogens is 3. The lowest BCUT2D eigenvalue weighted by atomic mass is 10.1. The van der Waals surface area contributed by atoms with Gasteiger partial charge in [0.1, 0.15) is 12.2 Å². The molecular formula is C9H16N4. The first-order chi connectivity index (χ1) is 6.31. The molecular weight excluding hydrogens is 164 g/mol. The molecule has 1 aliphatic carbocycles. The molecule has 4 nitrogen and oxygen atoms in total. The Morgan fingerprint density at radius 2 is 2.46 bits per heavy atom. The molecule has 1 atom stereocenters. The Balaban J connectivity index is 1.99. The van der Waals surface area contributed by atoms with Gasteiger partial charge in [0.15, 0.2) is 0 Å². The fourth-order valence-electron chi connectivity index (χ4n) is 1.60. The highest BCUT2D eigenvalue weighted by Crippen LogP contribution is 2.32. The van der Waals surface area contributed by atoms with Gasteiger partial charge in [-0.15, -0.1) is 10.2 Å². The Bertz CT molecular complexity index is 277. The summed E-state index contributed by atoms with van der Waals surface area (Å²) in [6.07, 6.45) is 5.23. The summed E-state index contributed by atoms with van der Waals surface area (Å²) in [5.74, 6) is 1.77. The van der Waals surface area contributed by atoms with Crippen LogP contribution in [0, 0.1) is 5.92 Å². The van der Waals surface area contributed by atoms with Crippen molar-refractivity contribution in [3.05, 3.63) is 12.2 Å². The van der Waals surface area contributed by atoms with Gasteiger partial charge >= 0.3 is 0 Å². The molecule has 1 saturated carbocycles. The number of nitrogens with zero attached hydrogens (tertiary/aromatic N) is 3. The molecule has 1 fully saturated rings. The van der Waals surface area contributed by atoms with Gasteiger partial charge in [0.2, 0.25) is 0 Å². The first-order valence-electron chi connectivity index (χ1n) is 4.93. The van der Waals surface area contributed by atoms with E-state index in [9.17, 15) is 0 Å². The molecule has 0 amide bonds. The second-order valence-electron chi connectivity index (χ2n) is 3.74. The topological polar surface area (TPSA) is 56.7 Å². The number of aryl methyl sites for hydroxylation is 1. The van der Waals surface area contributed by atoms with Crippen LogP contribution in [0.1, 0.15) is 25.6 Å². The third kappa shape index (κ3) is 1.88. The summed E-state index contributed by atoms with van der Waals surface area (Å²) in [6.45, 7) is 3.02. The van der Waals surface area contributed by atoms with Crippen LogP contribution < -0.4 is 5.73 Å². The van der Waals surface area contributed by atoms with E-state index in [0.29, 0.717) is 0 Å². The summed E-state index contributed by atoms with van der Waals surface area (Å²) < 4.78 is 2.06. The van der Waals surface area contributed by atoms with Crippen molar-refractivity contribution in [3.63, 3.8) is 0 Å². The molecule has 13 heavy (non-hydrogen) atoms. The summed E-state index contributed by atoms with van der Waals surface area (Å²) in [5.41, 5.74) is 6.01. The smallest absolute Gasteiger partial charge is 0.134 e. The minimum atomic E-state index is 0.287. The fraction of sp³-hybridized carbons (Fsp3) is 0.778. The van der Waals surface area contributed by atoms with Crippen molar-refractivity contribution in [2.24, 2.45) is 11.7 Å². The first-order valence-corrected chi connectivity index (χ1v) is 4.93. The van der Waals surface area contributed by atoms with Gasteiger partial charge in [-0.2, -0.15) is 0 Å². The normalized spacial score (nSPS) is 18.9. The van der Waals surface area contributed by atoms with E-state index in [1.165, 1.54) is 12.8 Å². The fourth-order valence-corrected chi connectivity index (χ4v) is 1.60. The predicted octanol–water partition coefficient (Wildman–Crippen LogP) is 0.578. The minimum Gasteiger partial charge on any atom is -0.327 e. The van der Waals surface area contributed by atoms with E-state index >= 15 is 0 Å². The van der Waals surface area contributed by atoms with Crippen LogP contribution in [-0.4, -0.2) is 20.8 Å². The van der Waals surface area contributed by atoms with E-state index in [2.05, 4.69) is 21.7 Å². The molecule has 1 unspecified atom stereocenters. The molecule has 1 aromatic heterocycles. The Labute approximate surface area is 78.1 Å². The number of hydrogen-bond donors (Lipinski definition) is 1. The number of nitrogens with two attached hydrogens (primary N) is 1. The largest absolute Gasteiger partial charge is 0.327 e. The zero-order chi connectivity index (χ0) is 9.26. The van der Waals surface area contributed by atoms with Crippen LogP contribution in [-0.2, 0) is 13.0 Å². The van der Waals surface area contributed by atoms with Crippen molar-refractivity contribution in [1.29, 1.82) is 0 Å². The van der Waals surface area contributed by atoms with Crippen LogP contribution in [0.25, 0.3) is 0 Å². The number of hydrogen-bond acceptors (Lipinski definition) is 3. The molecule has 2 rings (SSSR count). The van der Waals surface area contributed by atoms with E-state index in [-0.39, 0.29) is 6.04 Å². The molecule has 0 spiro atoms. The van der Waals surface area contributed by atoms with Crippen LogP contribution in [0.4, 0.5) is 0 Å². The predicted molar refractivity (Wildman–Crippen MR) is 50.1 cm³/mol. The van der Waals surface area contributed by atoms with Gasteiger partial charge < -0.3 is 10.3 Å². The summed E-state index contributed by atoms with van der Waals surface area (Å²) in [7, 11) is 0. The van der Waals surface area contributed by atoms with Gasteiger partial charge in [-0.3, -0.25) is 0 Å². The van der Waals surface area contributed by atoms with Crippen LogP contribution in [0.3, 0.4) is 0 Å². The highest BCUT2D eigenvalue weighted by molar-refractivity contribution is 4.94. The lowest BCUT2D eigenvalue weighted by Gasteiger charge is -2.09. The maximum Gasteiger partial charge on any atom is 0.134 e. The van der Waals surface area contributed by atoms with Gasteiger partial charge in [0.05, 0.1) is 0 Å². The second-order valence-corrected chi connectivity index (χ2v) is 3.74. The van der Waals surface area contributed by atoms with Crippen LogP contribution >= 0.6 is 0 Å². The monoisotopic (exact) mass is 180 g/mol. The highest BCUT2D eigenvalue weighted by Gasteiger charge is 2.29. The third-order valence-corrected chi connectivity index (χ3v) is 2.68. The van der Waals surface area contributed by atoms with Crippen molar-refractivity contribution in [1.82, 2.24) is 14.8 Å². The van der Waals surface area contributed by atoms with Crippen LogP contribution in [0.15, 0.2) is 6.33 Å². The highest BCUT2D eigenvalue weighted by atomic mass is 15.3. The second kappa shape index (κ2) is 3.46. The molecule has 0 aromatic carbocycles. The minimum absolute atomic E-state index is 0.287. The molecule has 1 aromatic rings. The van der Waals surface area contributed by atoms with Crippen molar-refractivity contribution in [2.45, 2.75) is 38.8 Å². The SMILES string of the molecule is CCn1cnnc1CC(N)C1CC1. The lowest BCUT2D eigenvalue weighted by molar-refractivity contribution is 0.553. The Kier molecular flexibility index (Phi) is 2.31. The molecule has 2 N–H and O–H groups in total. The zero-order valence-corrected chi connectivity index (χ0v) is 7.98. The van der Waals surface area contributed by atoms with Crippen molar-refractivity contribution in [3.8, 4) is 0 Å². The molecule has 4 heteroatoms. The van der Waals surface area contributed by atoms with E-state index in [1.54, 1.807) is 6.33 Å². The summed E-state index contributed by atoms with van der Waals surface area (Å²) in [5, 5.41) is 7.95. The number of rotatable bonds is 4. The van der Waals surface area contributed by atoms with E-state index < -0.39 is 0 Å². The average molecular weight is 180 g/mol. The van der Waals surface area contributed by atoms with Crippen molar-refractivity contribution in [2.75, 3.05) is 0 Å². The molecule has 1 heterocycles. The Morgan fingerprint density at radius 3 is 3.08 bits per heavy atom. The Hall–Kier alpha value is -0.900. The third-order valence-electron chi connectivity index (χ3n) is 2.68. The molecule has 72 valence electrons. The van der Waals surface area contributed by atoms with Crippen LogP contribution in [0.2, 0.25) is 0 Å². The van der Waals surface area contributed by atoms with Gasteiger partial charge in [-0.05, 0) is 25.7 Å². The van der Waals surface area contributed by atoms with E-state index in [1.807, 2.05) is 0 Å². The summed E-state index contributed by atoms with van der Waals surface area (Å²) in [4.78, 5) is 0. The average Bonchev–Trinajstić information content (AvgIpc) is 2.88. The van der Waals surface area contributed by atoms with E-state index in [4.69, 9.17) is 5.73 Å². The van der Waals surface area contributed by atoms with Gasteiger partial charge in [0, 0.05) is 19.0 Å². The summed E-state index contributed by atoms with van der Waals surface area (Å²) in [6, 6.07) is 0.287. The van der Waals surface area contributed by atoms with Gasteiger partial charge in [-0.25, -0.2) is 0 Å². The quantitative estimate of drug-likeness (QED) is 0.737. The Morgan fingerprint density at radius 1 is 1.69 bits per heavy atom. The van der Waals surface area contributed by atoms with Crippen molar-refractivity contribution >= 4 is 0 Å². The van der Waals surface area contributed by atoms with Crippen molar-refractivity contribution < 1.29 is 0 Å². The van der Waals surface area contributed by atoms with Gasteiger partial charge in [-0.1, -0.05) is 0 Å². The molecule has 0 radical (unpaired) electrons. The lowest BCUT2D eigenvalue weighted by Crippen LogP contribution is -2.26. The standard InChI is InChI=1S/C9H16N4/c1-2-13-6-11-12-9(13)5-8(10)7-3-4-7/h6-8H,2-5,10H2,1H3. The molecule has 0 aliphatic heterocycles. The first kappa shape index (κ1) is 8.69. The molecule has 0 saturated heterocycles. The van der Waals surface area contributed by atoms with Crippen LogP contribution in [0.5, 0.6) is 0 Å². The zero-order valence-electron chi connectivity index (χ0n) is 7.98. The maximum absolute atomic E-state index is 6.01. The van der Waals surface area contributed by atoms with Gasteiger partial charge in [0.25, 0.3) is 0 Å². The molecule has 0 bridgehead atoms. The maximum atomic E-state index is 6.01. The summed E-state index contributed by atoms with van der Waals surface area (Å²) >= 11 is 0. The molecule has 1 aliphatic rings. The van der Waals surface area contributed by atoms with E-state index in [0.717, 1.165) is 24.7 Å².